The van der Waals surface area contributed by atoms with Crippen LogP contribution in [0.2, 0.25) is 0 Å². The fraction of sp³-hybridized carbons (Fsp3) is 0.846. The van der Waals surface area contributed by atoms with Crippen molar-refractivity contribution in [3.05, 3.63) is 0 Å². The van der Waals surface area contributed by atoms with E-state index in [1.807, 2.05) is 20.8 Å². The van der Waals surface area contributed by atoms with Crippen molar-refractivity contribution in [1.29, 1.82) is 0 Å². The summed E-state index contributed by atoms with van der Waals surface area (Å²) in [4.78, 5) is 25.0. The number of likely N-dealkylation sites (tertiary alicyclic amines) is 1. The normalized spacial score (nSPS) is 30.3. The van der Waals surface area contributed by atoms with Crippen molar-refractivity contribution in [3.8, 4) is 0 Å². The average Bonchev–Trinajstić information content (AvgIpc) is 2.69. The van der Waals surface area contributed by atoms with Crippen LogP contribution in [0.3, 0.4) is 0 Å². The van der Waals surface area contributed by atoms with Gasteiger partial charge in [0.2, 0.25) is 5.91 Å². The maximum absolute atomic E-state index is 12.1. The molecule has 0 aromatic rings. The Bertz CT molecular complexity index is 391. The zero-order valence-electron chi connectivity index (χ0n) is 11.8. The van der Waals surface area contributed by atoms with Gasteiger partial charge in [0, 0.05) is 30.8 Å². The highest BCUT2D eigenvalue weighted by Crippen LogP contribution is 2.44. The van der Waals surface area contributed by atoms with E-state index in [9.17, 15) is 9.59 Å². The molecule has 2 atom stereocenters. The number of ether oxygens (including phenoxy) is 2. The molecule has 2 amide bonds. The van der Waals surface area contributed by atoms with Gasteiger partial charge >= 0.3 is 6.09 Å². The van der Waals surface area contributed by atoms with Gasteiger partial charge in [0.15, 0.2) is 0 Å². The minimum Gasteiger partial charge on any atom is -0.444 e. The molecular formula is C13H22N2O4. The molecule has 0 aromatic carbocycles. The second kappa shape index (κ2) is 4.67. The number of amides is 2. The predicted molar refractivity (Wildman–Crippen MR) is 68.4 cm³/mol. The van der Waals surface area contributed by atoms with Gasteiger partial charge in [-0.15, -0.1) is 0 Å². The molecule has 19 heavy (non-hydrogen) atoms. The van der Waals surface area contributed by atoms with Crippen LogP contribution in [-0.4, -0.2) is 48.8 Å². The molecule has 0 aromatic heterocycles. The summed E-state index contributed by atoms with van der Waals surface area (Å²) in [7, 11) is 0. The number of nitrogens with zero attached hydrogens (tertiary/aromatic N) is 1. The molecule has 0 saturated carbocycles. The minimum atomic E-state index is -0.512. The maximum atomic E-state index is 12.1. The number of carbonyl (C=O) groups excluding carboxylic acids is 2. The minimum absolute atomic E-state index is 0.174. The molecule has 0 bridgehead atoms. The lowest BCUT2D eigenvalue weighted by atomic mass is 9.78. The van der Waals surface area contributed by atoms with Gasteiger partial charge in [-0.2, -0.15) is 0 Å². The van der Waals surface area contributed by atoms with E-state index in [2.05, 4.69) is 0 Å². The Labute approximate surface area is 113 Å². The van der Waals surface area contributed by atoms with Crippen molar-refractivity contribution in [1.82, 2.24) is 4.90 Å². The first kappa shape index (κ1) is 14.1. The molecule has 0 spiro atoms. The van der Waals surface area contributed by atoms with E-state index < -0.39 is 5.60 Å². The van der Waals surface area contributed by atoms with Crippen LogP contribution in [0.15, 0.2) is 0 Å². The third kappa shape index (κ3) is 3.00. The highest BCUT2D eigenvalue weighted by Gasteiger charge is 2.53. The van der Waals surface area contributed by atoms with Crippen molar-refractivity contribution in [2.45, 2.75) is 32.8 Å². The number of primary amides is 1. The lowest BCUT2D eigenvalue weighted by Gasteiger charge is -2.27. The van der Waals surface area contributed by atoms with Crippen LogP contribution in [0.1, 0.15) is 27.2 Å². The van der Waals surface area contributed by atoms with Crippen LogP contribution in [0.25, 0.3) is 0 Å². The first-order chi connectivity index (χ1) is 8.72. The van der Waals surface area contributed by atoms with Crippen molar-refractivity contribution >= 4 is 12.0 Å². The zero-order valence-corrected chi connectivity index (χ0v) is 11.8. The molecule has 0 radical (unpaired) electrons. The fourth-order valence-electron chi connectivity index (χ4n) is 2.89. The van der Waals surface area contributed by atoms with E-state index in [1.165, 1.54) is 0 Å². The Balaban J connectivity index is 2.05. The van der Waals surface area contributed by atoms with Crippen LogP contribution >= 0.6 is 0 Å². The summed E-state index contributed by atoms with van der Waals surface area (Å²) in [5.74, 6) is -0.172. The summed E-state index contributed by atoms with van der Waals surface area (Å²) in [6.45, 7) is 7.63. The maximum Gasteiger partial charge on any atom is 0.410 e. The van der Waals surface area contributed by atoms with Gasteiger partial charge < -0.3 is 20.1 Å². The van der Waals surface area contributed by atoms with Crippen molar-refractivity contribution in [2.24, 2.45) is 17.1 Å². The van der Waals surface area contributed by atoms with Gasteiger partial charge in [0.25, 0.3) is 0 Å². The van der Waals surface area contributed by atoms with E-state index in [0.717, 1.165) is 0 Å². The Morgan fingerprint density at radius 3 is 2.74 bits per heavy atom. The summed E-state index contributed by atoms with van der Waals surface area (Å²) < 4.78 is 10.8. The van der Waals surface area contributed by atoms with E-state index in [4.69, 9.17) is 15.2 Å². The SMILES string of the molecule is CC(C)(C)OC(=O)N1C[C@H]2COC[C@]2(CC(N)=O)C1. The van der Waals surface area contributed by atoms with Crippen LogP contribution < -0.4 is 5.73 Å². The first-order valence-corrected chi connectivity index (χ1v) is 6.56. The molecule has 2 saturated heterocycles. The van der Waals surface area contributed by atoms with Gasteiger partial charge in [0.05, 0.1) is 13.2 Å². The second-order valence-corrected chi connectivity index (χ2v) is 6.58. The van der Waals surface area contributed by atoms with Gasteiger partial charge in [-0.1, -0.05) is 0 Å². The van der Waals surface area contributed by atoms with Gasteiger partial charge in [-0.25, -0.2) is 4.79 Å². The molecule has 2 fully saturated rings. The fourth-order valence-corrected chi connectivity index (χ4v) is 2.89. The van der Waals surface area contributed by atoms with Crippen molar-refractivity contribution in [3.63, 3.8) is 0 Å². The molecule has 6 heteroatoms. The molecular weight excluding hydrogens is 248 g/mol. The predicted octanol–water partition coefficient (Wildman–Crippen LogP) is 0.745. The van der Waals surface area contributed by atoms with E-state index in [-0.39, 0.29) is 29.8 Å². The molecule has 2 aliphatic rings. The van der Waals surface area contributed by atoms with E-state index in [1.54, 1.807) is 4.90 Å². The monoisotopic (exact) mass is 270 g/mol. The molecule has 108 valence electrons. The van der Waals surface area contributed by atoms with Gasteiger partial charge in [-0.05, 0) is 20.8 Å². The number of rotatable bonds is 2. The molecule has 2 N–H and O–H groups in total. The Morgan fingerprint density at radius 1 is 1.47 bits per heavy atom. The quantitative estimate of drug-likeness (QED) is 0.802. The average molecular weight is 270 g/mol. The third-order valence-electron chi connectivity index (χ3n) is 3.70. The van der Waals surface area contributed by atoms with Crippen LogP contribution in [0, 0.1) is 11.3 Å². The highest BCUT2D eigenvalue weighted by atomic mass is 16.6. The van der Waals surface area contributed by atoms with Crippen LogP contribution in [0.5, 0.6) is 0 Å². The van der Waals surface area contributed by atoms with E-state index >= 15 is 0 Å². The zero-order chi connectivity index (χ0) is 14.3. The Hall–Kier alpha value is -1.30. The molecule has 0 aliphatic carbocycles. The van der Waals surface area contributed by atoms with Gasteiger partial charge in [-0.3, -0.25) is 4.79 Å². The lowest BCUT2D eigenvalue weighted by Crippen LogP contribution is -2.39. The number of nitrogens with two attached hydrogens (primary N) is 1. The number of fused-ring (bicyclic) bond motifs is 1. The third-order valence-corrected chi connectivity index (χ3v) is 3.70. The van der Waals surface area contributed by atoms with Crippen LogP contribution in [-0.2, 0) is 14.3 Å². The summed E-state index contributed by atoms with van der Waals surface area (Å²) in [6.07, 6.45) is -0.0671. The topological polar surface area (TPSA) is 81.9 Å². The molecule has 6 nitrogen and oxygen atoms in total. The summed E-state index contributed by atoms with van der Waals surface area (Å²) in [5, 5.41) is 0. The molecule has 2 aliphatic heterocycles. The molecule has 0 unspecified atom stereocenters. The number of hydrogen-bond acceptors (Lipinski definition) is 4. The smallest absolute Gasteiger partial charge is 0.410 e. The summed E-state index contributed by atoms with van der Waals surface area (Å²) in [6, 6.07) is 0. The summed E-state index contributed by atoms with van der Waals surface area (Å²) in [5.41, 5.74) is 4.49. The molecule has 2 heterocycles. The van der Waals surface area contributed by atoms with Gasteiger partial charge in [0.1, 0.15) is 5.60 Å². The number of carbonyl (C=O) groups is 2. The summed E-state index contributed by atoms with van der Waals surface area (Å²) >= 11 is 0. The Kier molecular flexibility index (Phi) is 3.47. The number of hydrogen-bond donors (Lipinski definition) is 1. The molecule has 2 rings (SSSR count). The Morgan fingerprint density at radius 2 is 2.16 bits per heavy atom. The largest absolute Gasteiger partial charge is 0.444 e. The van der Waals surface area contributed by atoms with Crippen LogP contribution in [0.4, 0.5) is 4.79 Å². The van der Waals surface area contributed by atoms with Crippen molar-refractivity contribution < 1.29 is 19.1 Å². The highest BCUT2D eigenvalue weighted by molar-refractivity contribution is 5.75. The lowest BCUT2D eigenvalue weighted by molar-refractivity contribution is -0.120. The van der Waals surface area contributed by atoms with E-state index in [0.29, 0.717) is 26.3 Å². The second-order valence-electron chi connectivity index (χ2n) is 6.58. The standard InChI is InChI=1S/C13H22N2O4/c1-12(2,3)19-11(17)15-5-9-6-18-8-13(9,7-15)4-10(14)16/h9H,4-8H2,1-3H3,(H2,14,16)/t9-,13-/m0/s1. The van der Waals surface area contributed by atoms with Crippen molar-refractivity contribution in [2.75, 3.05) is 26.3 Å². The first-order valence-electron chi connectivity index (χ1n) is 6.56.